The molecule has 6 nitrogen and oxygen atoms in total. The number of carbonyl (C=O) groups excluding carboxylic acids is 1. The molecule has 1 atom stereocenters. The molecule has 1 aliphatic rings. The third kappa shape index (κ3) is 5.89. The second kappa shape index (κ2) is 13.0. The van der Waals surface area contributed by atoms with E-state index >= 15 is 0 Å². The van der Waals surface area contributed by atoms with Crippen molar-refractivity contribution in [3.8, 4) is 5.69 Å². The molecule has 45 heavy (non-hydrogen) atoms. The van der Waals surface area contributed by atoms with Crippen molar-refractivity contribution in [3.05, 3.63) is 141 Å². The van der Waals surface area contributed by atoms with Gasteiger partial charge in [-0.3, -0.25) is 9.36 Å². The average Bonchev–Trinajstić information content (AvgIpc) is 3.51. The summed E-state index contributed by atoms with van der Waals surface area (Å²) in [5, 5.41) is 0. The Kier molecular flexibility index (Phi) is 9.03. The van der Waals surface area contributed by atoms with E-state index in [1.807, 2.05) is 66.9 Å². The first-order chi connectivity index (χ1) is 21.7. The summed E-state index contributed by atoms with van der Waals surface area (Å²) in [7, 11) is 0. The Morgan fingerprint density at radius 1 is 1.04 bits per heavy atom. The van der Waals surface area contributed by atoms with Crippen LogP contribution in [0.4, 0.5) is 0 Å². The molecular weight excluding hydrogens is 713 g/mol. The number of halogens is 1. The van der Waals surface area contributed by atoms with E-state index in [4.69, 9.17) is 9.73 Å². The van der Waals surface area contributed by atoms with E-state index in [0.29, 0.717) is 20.6 Å². The number of aryl methyl sites for hydroxylation is 2. The van der Waals surface area contributed by atoms with Crippen molar-refractivity contribution in [2.75, 3.05) is 12.9 Å². The van der Waals surface area contributed by atoms with Crippen LogP contribution >= 0.6 is 45.7 Å². The molecule has 0 saturated heterocycles. The molecule has 0 unspecified atom stereocenters. The summed E-state index contributed by atoms with van der Waals surface area (Å²) in [6, 6.07) is 25.5. The molecule has 0 saturated carbocycles. The molecule has 0 spiro atoms. The molecule has 0 amide bonds. The second-order valence-corrected chi connectivity index (χ2v) is 13.9. The van der Waals surface area contributed by atoms with Gasteiger partial charge in [0.2, 0.25) is 0 Å². The number of thioether (sulfide) groups is 1. The third-order valence-electron chi connectivity index (χ3n) is 7.98. The highest BCUT2D eigenvalue weighted by atomic mass is 127. The summed E-state index contributed by atoms with van der Waals surface area (Å²) in [6.07, 6.45) is 3.97. The molecule has 3 aromatic carbocycles. The van der Waals surface area contributed by atoms with E-state index in [-0.39, 0.29) is 12.2 Å². The van der Waals surface area contributed by atoms with Crippen LogP contribution in [0.5, 0.6) is 0 Å². The molecule has 6 rings (SSSR count). The molecule has 2 aromatic heterocycles. The van der Waals surface area contributed by atoms with E-state index in [1.165, 1.54) is 20.5 Å². The highest BCUT2D eigenvalue weighted by Gasteiger charge is 2.35. The van der Waals surface area contributed by atoms with E-state index in [1.54, 1.807) is 23.3 Å². The summed E-state index contributed by atoms with van der Waals surface area (Å²) in [6.45, 7) is 8.25. The van der Waals surface area contributed by atoms with Gasteiger partial charge in [-0.25, -0.2) is 9.79 Å². The van der Waals surface area contributed by atoms with Crippen LogP contribution in [0.2, 0.25) is 0 Å². The van der Waals surface area contributed by atoms with Gasteiger partial charge in [0.1, 0.15) is 0 Å². The number of aromatic nitrogens is 2. The molecule has 0 bridgehead atoms. The molecule has 0 radical (unpaired) electrons. The number of esters is 1. The Labute approximate surface area is 283 Å². The fraction of sp³-hybridized carbons (Fsp3) is 0.194. The van der Waals surface area contributed by atoms with Gasteiger partial charge in [0, 0.05) is 31.1 Å². The molecular formula is C36H32IN3O3S2. The predicted octanol–water partition coefficient (Wildman–Crippen LogP) is 6.98. The third-order valence-corrected chi connectivity index (χ3v) is 10.9. The van der Waals surface area contributed by atoms with Crippen molar-refractivity contribution in [2.45, 2.75) is 38.6 Å². The van der Waals surface area contributed by atoms with Crippen molar-refractivity contribution in [2.24, 2.45) is 4.99 Å². The largest absolute Gasteiger partial charge is 0.463 e. The van der Waals surface area contributed by atoms with Crippen LogP contribution in [0.15, 0.2) is 99.1 Å². The smallest absolute Gasteiger partial charge is 0.338 e. The first-order valence-electron chi connectivity index (χ1n) is 14.6. The monoisotopic (exact) mass is 745 g/mol. The predicted molar refractivity (Wildman–Crippen MR) is 192 cm³/mol. The Morgan fingerprint density at radius 3 is 2.44 bits per heavy atom. The van der Waals surface area contributed by atoms with Crippen molar-refractivity contribution in [3.63, 3.8) is 0 Å². The van der Waals surface area contributed by atoms with Gasteiger partial charge in [0.15, 0.2) is 4.80 Å². The van der Waals surface area contributed by atoms with Gasteiger partial charge >= 0.3 is 5.97 Å². The molecule has 1 aliphatic heterocycles. The molecule has 5 aromatic rings. The lowest BCUT2D eigenvalue weighted by Gasteiger charge is -2.26. The van der Waals surface area contributed by atoms with Crippen LogP contribution in [0.3, 0.4) is 0 Å². The number of fused-ring (bicyclic) bond motifs is 1. The zero-order valence-corrected chi connectivity index (χ0v) is 29.4. The molecule has 0 aliphatic carbocycles. The Bertz CT molecular complexity index is 2140. The van der Waals surface area contributed by atoms with Crippen LogP contribution in [-0.4, -0.2) is 28.0 Å². The number of benzene rings is 3. The fourth-order valence-electron chi connectivity index (χ4n) is 5.74. The molecule has 9 heteroatoms. The van der Waals surface area contributed by atoms with E-state index in [2.05, 4.69) is 72.2 Å². The Hall–Kier alpha value is -3.67. The first-order valence-corrected chi connectivity index (χ1v) is 17.7. The van der Waals surface area contributed by atoms with Gasteiger partial charge in [0.05, 0.1) is 28.5 Å². The van der Waals surface area contributed by atoms with Crippen LogP contribution in [0.25, 0.3) is 17.5 Å². The molecule has 228 valence electrons. The number of hydrogen-bond acceptors (Lipinski definition) is 6. The maximum Gasteiger partial charge on any atom is 0.338 e. The maximum absolute atomic E-state index is 14.3. The zero-order chi connectivity index (χ0) is 31.8. The quantitative estimate of drug-likeness (QED) is 0.103. The van der Waals surface area contributed by atoms with Crippen molar-refractivity contribution in [1.82, 2.24) is 9.13 Å². The fourth-order valence-corrected chi connectivity index (χ4v) is 7.63. The van der Waals surface area contributed by atoms with E-state index < -0.39 is 12.0 Å². The number of nitrogens with zero attached hydrogens (tertiary/aromatic N) is 3. The van der Waals surface area contributed by atoms with Crippen LogP contribution in [0, 0.1) is 24.3 Å². The molecule has 3 heterocycles. The zero-order valence-electron chi connectivity index (χ0n) is 25.6. The summed E-state index contributed by atoms with van der Waals surface area (Å²) in [5.41, 5.74) is 7.69. The summed E-state index contributed by atoms with van der Waals surface area (Å²) in [4.78, 5) is 34.7. The van der Waals surface area contributed by atoms with Gasteiger partial charge in [-0.1, -0.05) is 59.9 Å². The van der Waals surface area contributed by atoms with E-state index in [0.717, 1.165) is 38.7 Å². The van der Waals surface area contributed by atoms with Gasteiger partial charge in [-0.15, -0.1) is 11.8 Å². The summed E-state index contributed by atoms with van der Waals surface area (Å²) >= 11 is 5.34. The number of ether oxygens (including phenoxy) is 1. The number of rotatable bonds is 7. The highest BCUT2D eigenvalue weighted by molar-refractivity contribution is 14.1. The first kappa shape index (κ1) is 31.3. The Balaban J connectivity index is 1.59. The van der Waals surface area contributed by atoms with Gasteiger partial charge in [-0.05, 0) is 110 Å². The van der Waals surface area contributed by atoms with Gasteiger partial charge < -0.3 is 9.30 Å². The van der Waals surface area contributed by atoms with Crippen LogP contribution in [-0.2, 0) is 9.53 Å². The minimum Gasteiger partial charge on any atom is -0.463 e. The van der Waals surface area contributed by atoms with Crippen LogP contribution in [0.1, 0.15) is 46.6 Å². The molecule has 0 fully saturated rings. The maximum atomic E-state index is 14.3. The summed E-state index contributed by atoms with van der Waals surface area (Å²) in [5.74, 6) is -0.482. The number of carbonyl (C=O) groups is 1. The van der Waals surface area contributed by atoms with E-state index in [9.17, 15) is 9.59 Å². The lowest BCUT2D eigenvalue weighted by atomic mass is 9.93. The molecule has 0 N–H and O–H groups in total. The second-order valence-electron chi connectivity index (χ2n) is 10.8. The minimum atomic E-state index is -0.698. The lowest BCUT2D eigenvalue weighted by Crippen LogP contribution is -2.40. The highest BCUT2D eigenvalue weighted by Crippen LogP contribution is 2.36. The standard InChI is InChI=1S/C36H32IN3O3S2/c1-6-43-35(42)31-32(24-10-8-7-9-11-24)38-36-40(33(31)25-13-16-28(44-5)17-14-25)34(41)30(45-36)19-26-18-22(3)39(23(26)4)27-15-12-21(2)29(37)20-27/h7-20,33H,6H2,1-5H3/b30-19-/t33-/m1/s1. The van der Waals surface area contributed by atoms with Gasteiger partial charge in [-0.2, -0.15) is 0 Å². The number of hydrogen-bond donors (Lipinski definition) is 0. The summed E-state index contributed by atoms with van der Waals surface area (Å²) < 4.78 is 11.2. The SMILES string of the molecule is CCOC(=O)C1=C(c2ccccc2)N=c2s/c(=C\c3cc(C)n(-c4ccc(C)c(I)c4)c3C)c(=O)n2[C@@H]1c1ccc(SC)cc1. The van der Waals surface area contributed by atoms with Crippen molar-refractivity contribution in [1.29, 1.82) is 0 Å². The Morgan fingerprint density at radius 2 is 1.78 bits per heavy atom. The topological polar surface area (TPSA) is 65.6 Å². The van der Waals surface area contributed by atoms with Crippen molar-refractivity contribution >= 4 is 63.4 Å². The van der Waals surface area contributed by atoms with Gasteiger partial charge in [0.25, 0.3) is 5.56 Å². The normalized spacial score (nSPS) is 14.8. The lowest BCUT2D eigenvalue weighted by molar-refractivity contribution is -0.138. The van der Waals surface area contributed by atoms with Crippen LogP contribution < -0.4 is 14.9 Å². The minimum absolute atomic E-state index is 0.193. The average molecular weight is 746 g/mol. The number of thiazole rings is 1. The van der Waals surface area contributed by atoms with Crippen molar-refractivity contribution < 1.29 is 9.53 Å².